The lowest BCUT2D eigenvalue weighted by atomic mass is 10.0. The van der Waals surface area contributed by atoms with Gasteiger partial charge < -0.3 is 19.5 Å². The Balaban J connectivity index is 1.53. The first-order valence-corrected chi connectivity index (χ1v) is 8.44. The molecule has 134 valence electrons. The topological polar surface area (TPSA) is 89.3 Å². The second kappa shape index (κ2) is 7.50. The molecular weight excluding hydrogens is 322 g/mol. The largest absolute Gasteiger partial charge is 0.469 e. The highest BCUT2D eigenvalue weighted by Gasteiger charge is 2.27. The highest BCUT2D eigenvalue weighted by molar-refractivity contribution is 5.76. The number of imidazole rings is 1. The van der Waals surface area contributed by atoms with Crippen LogP contribution in [0, 0.1) is 5.92 Å². The van der Waals surface area contributed by atoms with Crippen LogP contribution in [0.2, 0.25) is 0 Å². The third-order valence-corrected chi connectivity index (χ3v) is 4.60. The number of ether oxygens (including phenoxy) is 1. The van der Waals surface area contributed by atoms with Crippen molar-refractivity contribution in [2.24, 2.45) is 13.0 Å². The van der Waals surface area contributed by atoms with Crippen molar-refractivity contribution >= 4 is 23.2 Å². The van der Waals surface area contributed by atoms with Gasteiger partial charge in [0.25, 0.3) is 0 Å². The van der Waals surface area contributed by atoms with E-state index in [0.29, 0.717) is 19.0 Å². The molecule has 0 radical (unpaired) electrons. The van der Waals surface area contributed by atoms with Crippen LogP contribution >= 0.6 is 0 Å². The van der Waals surface area contributed by atoms with E-state index in [0.717, 1.165) is 36.4 Å². The minimum absolute atomic E-state index is 0.127. The van der Waals surface area contributed by atoms with Gasteiger partial charge in [-0.15, -0.1) is 0 Å². The number of nitrogens with one attached hydrogen (secondary N) is 1. The zero-order valence-corrected chi connectivity index (χ0v) is 14.6. The number of aromatic nitrogens is 3. The molecule has 1 fully saturated rings. The van der Waals surface area contributed by atoms with E-state index in [1.807, 2.05) is 23.7 Å². The first kappa shape index (κ1) is 17.2. The molecule has 3 heterocycles. The van der Waals surface area contributed by atoms with E-state index in [2.05, 4.69) is 20.0 Å². The Hall–Kier alpha value is -2.64. The quantitative estimate of drug-likeness (QED) is 0.820. The molecule has 25 heavy (non-hydrogen) atoms. The molecule has 1 unspecified atom stereocenters. The van der Waals surface area contributed by atoms with Crippen LogP contribution in [0.4, 0.5) is 4.79 Å². The first-order chi connectivity index (χ1) is 12.1. The van der Waals surface area contributed by atoms with Crippen molar-refractivity contribution in [3.63, 3.8) is 0 Å². The minimum atomic E-state index is -0.324. The van der Waals surface area contributed by atoms with Gasteiger partial charge in [0.1, 0.15) is 11.3 Å². The van der Waals surface area contributed by atoms with Crippen LogP contribution in [-0.4, -0.2) is 58.2 Å². The zero-order valence-electron chi connectivity index (χ0n) is 14.6. The van der Waals surface area contributed by atoms with Crippen molar-refractivity contribution in [2.45, 2.75) is 19.3 Å². The summed E-state index contributed by atoms with van der Waals surface area (Å²) in [6.45, 7) is 1.71. The normalized spacial score (nSPS) is 17.0. The van der Waals surface area contributed by atoms with Crippen LogP contribution < -0.4 is 5.32 Å². The number of rotatable bonds is 5. The fourth-order valence-electron chi connectivity index (χ4n) is 3.18. The number of carbonyl (C=O) groups excluding carboxylic acids is 2. The molecule has 8 heteroatoms. The summed E-state index contributed by atoms with van der Waals surface area (Å²) in [6, 6.07) is 3.72. The minimum Gasteiger partial charge on any atom is -0.469 e. The molecule has 3 rings (SSSR count). The number of aryl methyl sites for hydroxylation is 1. The number of likely N-dealkylation sites (tertiary alicyclic amines) is 1. The zero-order chi connectivity index (χ0) is 17.8. The number of hydrogen-bond acceptors (Lipinski definition) is 5. The number of carbonyl (C=O) groups is 2. The fraction of sp³-hybridized carbons (Fsp3) is 0.529. The van der Waals surface area contributed by atoms with E-state index in [-0.39, 0.29) is 18.4 Å². The summed E-state index contributed by atoms with van der Waals surface area (Å²) in [7, 11) is 3.32. The molecule has 1 aliphatic rings. The van der Waals surface area contributed by atoms with Gasteiger partial charge >= 0.3 is 12.0 Å². The molecule has 2 amide bonds. The van der Waals surface area contributed by atoms with Crippen molar-refractivity contribution in [2.75, 3.05) is 26.7 Å². The van der Waals surface area contributed by atoms with Gasteiger partial charge in [-0.25, -0.2) is 14.8 Å². The molecule has 0 aliphatic carbocycles. The SMILES string of the molecule is COC(=O)CCNC(=O)N1CCC(Cc2nc3cccnc3n2C)C1. The van der Waals surface area contributed by atoms with E-state index >= 15 is 0 Å². The van der Waals surface area contributed by atoms with Gasteiger partial charge in [0.05, 0.1) is 13.5 Å². The van der Waals surface area contributed by atoms with Crippen molar-refractivity contribution < 1.29 is 14.3 Å². The second-order valence-corrected chi connectivity index (χ2v) is 6.30. The van der Waals surface area contributed by atoms with Gasteiger partial charge in [-0.3, -0.25) is 4.79 Å². The van der Waals surface area contributed by atoms with E-state index in [1.54, 1.807) is 11.1 Å². The predicted molar refractivity (Wildman–Crippen MR) is 91.9 cm³/mol. The average Bonchev–Trinajstić information content (AvgIpc) is 3.21. The van der Waals surface area contributed by atoms with Crippen molar-refractivity contribution in [3.8, 4) is 0 Å². The number of fused-ring (bicyclic) bond motifs is 1. The van der Waals surface area contributed by atoms with Crippen LogP contribution in [0.5, 0.6) is 0 Å². The van der Waals surface area contributed by atoms with E-state index in [4.69, 9.17) is 0 Å². The Kier molecular flexibility index (Phi) is 5.16. The number of pyridine rings is 1. The van der Waals surface area contributed by atoms with Crippen LogP contribution in [0.15, 0.2) is 18.3 Å². The van der Waals surface area contributed by atoms with E-state index in [9.17, 15) is 9.59 Å². The number of hydrogen-bond donors (Lipinski definition) is 1. The first-order valence-electron chi connectivity index (χ1n) is 8.44. The summed E-state index contributed by atoms with van der Waals surface area (Å²) in [4.78, 5) is 34.0. The van der Waals surface area contributed by atoms with Gasteiger partial charge in [0.15, 0.2) is 5.65 Å². The van der Waals surface area contributed by atoms with Crippen LogP contribution in [0.25, 0.3) is 11.2 Å². The number of esters is 1. The average molecular weight is 345 g/mol. The molecule has 2 aromatic heterocycles. The lowest BCUT2D eigenvalue weighted by Crippen LogP contribution is -2.39. The number of amides is 2. The van der Waals surface area contributed by atoms with Gasteiger partial charge in [-0.2, -0.15) is 0 Å². The second-order valence-electron chi connectivity index (χ2n) is 6.30. The molecular formula is C17H23N5O3. The smallest absolute Gasteiger partial charge is 0.317 e. The number of nitrogens with zero attached hydrogens (tertiary/aromatic N) is 4. The molecule has 1 aliphatic heterocycles. The van der Waals surface area contributed by atoms with E-state index < -0.39 is 0 Å². The molecule has 1 atom stereocenters. The number of methoxy groups -OCH3 is 1. The maximum atomic E-state index is 12.2. The Morgan fingerprint density at radius 1 is 1.44 bits per heavy atom. The van der Waals surface area contributed by atoms with Crippen LogP contribution in [-0.2, 0) is 23.0 Å². The van der Waals surface area contributed by atoms with Gasteiger partial charge in [0.2, 0.25) is 0 Å². The summed E-state index contributed by atoms with van der Waals surface area (Å²) in [6.07, 6.45) is 3.72. The molecule has 0 aromatic carbocycles. The molecule has 0 bridgehead atoms. The molecule has 8 nitrogen and oxygen atoms in total. The van der Waals surface area contributed by atoms with Crippen molar-refractivity contribution in [1.82, 2.24) is 24.8 Å². The van der Waals surface area contributed by atoms with Gasteiger partial charge in [-0.1, -0.05) is 0 Å². The molecule has 2 aromatic rings. The predicted octanol–water partition coefficient (Wildman–Crippen LogP) is 1.11. The molecule has 1 N–H and O–H groups in total. The van der Waals surface area contributed by atoms with Crippen molar-refractivity contribution in [1.29, 1.82) is 0 Å². The molecule has 0 saturated carbocycles. The Morgan fingerprint density at radius 2 is 2.28 bits per heavy atom. The maximum absolute atomic E-state index is 12.2. The Labute approximate surface area is 146 Å². The monoisotopic (exact) mass is 345 g/mol. The summed E-state index contributed by atoms with van der Waals surface area (Å²) in [5.74, 6) is 1.04. The van der Waals surface area contributed by atoms with E-state index in [1.165, 1.54) is 7.11 Å². The molecule has 0 spiro atoms. The summed E-state index contributed by atoms with van der Waals surface area (Å²) >= 11 is 0. The Bertz CT molecular complexity index is 773. The lowest BCUT2D eigenvalue weighted by Gasteiger charge is -2.17. The van der Waals surface area contributed by atoms with Crippen LogP contribution in [0.3, 0.4) is 0 Å². The van der Waals surface area contributed by atoms with Gasteiger partial charge in [0, 0.05) is 39.3 Å². The lowest BCUT2D eigenvalue weighted by molar-refractivity contribution is -0.140. The highest BCUT2D eigenvalue weighted by atomic mass is 16.5. The standard InChI is InChI=1S/C17H23N5O3/c1-21-14(20-13-4-3-7-18-16(13)21)10-12-6-9-22(11-12)17(24)19-8-5-15(23)25-2/h3-4,7,12H,5-6,8-11H2,1-2H3,(H,19,24). The molecule has 1 saturated heterocycles. The third-order valence-electron chi connectivity index (χ3n) is 4.60. The Morgan fingerprint density at radius 3 is 3.04 bits per heavy atom. The highest BCUT2D eigenvalue weighted by Crippen LogP contribution is 2.22. The summed E-state index contributed by atoms with van der Waals surface area (Å²) < 4.78 is 6.58. The number of urea groups is 1. The summed E-state index contributed by atoms with van der Waals surface area (Å²) in [5, 5.41) is 2.76. The fourth-order valence-corrected chi connectivity index (χ4v) is 3.18. The maximum Gasteiger partial charge on any atom is 0.317 e. The summed E-state index contributed by atoms with van der Waals surface area (Å²) in [5.41, 5.74) is 1.78. The third kappa shape index (κ3) is 3.89. The van der Waals surface area contributed by atoms with Gasteiger partial charge in [-0.05, 0) is 24.5 Å². The van der Waals surface area contributed by atoms with Crippen LogP contribution in [0.1, 0.15) is 18.7 Å². The van der Waals surface area contributed by atoms with Crippen molar-refractivity contribution in [3.05, 3.63) is 24.2 Å².